The molecule has 1 aromatic heterocycles. The minimum absolute atomic E-state index is 0.0867. The smallest absolute Gasteiger partial charge is 0.356 e. The first-order valence-corrected chi connectivity index (χ1v) is 11.6. The molecule has 12 heteroatoms. The van der Waals surface area contributed by atoms with Crippen LogP contribution in [0.3, 0.4) is 0 Å². The number of aryl methyl sites for hydroxylation is 1. The Bertz CT molecular complexity index is 1330. The van der Waals surface area contributed by atoms with Gasteiger partial charge in [-0.05, 0) is 44.0 Å². The van der Waals surface area contributed by atoms with E-state index >= 15 is 0 Å². The van der Waals surface area contributed by atoms with Crippen LogP contribution in [0, 0.1) is 24.4 Å². The van der Waals surface area contributed by atoms with E-state index in [0.717, 1.165) is 30.5 Å². The van der Waals surface area contributed by atoms with Gasteiger partial charge in [0, 0.05) is 42.4 Å². The van der Waals surface area contributed by atoms with Crippen molar-refractivity contribution in [3.05, 3.63) is 88.8 Å². The Morgan fingerprint density at radius 2 is 1.74 bits per heavy atom. The first-order valence-electron chi connectivity index (χ1n) is 11.6. The fraction of sp³-hybridized carbons (Fsp3) is 0.308. The van der Waals surface area contributed by atoms with Gasteiger partial charge in [-0.2, -0.15) is 13.2 Å². The molecule has 4 rings (SSSR count). The van der Waals surface area contributed by atoms with E-state index in [2.05, 4.69) is 15.1 Å². The Kier molecular flexibility index (Phi) is 7.98. The zero-order chi connectivity index (χ0) is 27.4. The highest BCUT2D eigenvalue weighted by atomic mass is 19.4. The molecule has 1 aliphatic heterocycles. The highest BCUT2D eigenvalue weighted by Crippen LogP contribution is 2.33. The van der Waals surface area contributed by atoms with Crippen LogP contribution in [-0.2, 0) is 11.2 Å². The minimum Gasteiger partial charge on any atom is -0.356 e. The quantitative estimate of drug-likeness (QED) is 0.237. The number of hydrogen-bond donors (Lipinski definition) is 0. The maximum Gasteiger partial charge on any atom is 0.437 e. The maximum atomic E-state index is 14.0. The molecule has 38 heavy (non-hydrogen) atoms. The first-order chi connectivity index (χ1) is 18.0. The topological polar surface area (TPSA) is 67.7 Å². The van der Waals surface area contributed by atoms with Gasteiger partial charge >= 0.3 is 6.18 Å². The second kappa shape index (κ2) is 11.2. The number of carbonyl (C=O) groups excluding carboxylic acids is 1. The molecule has 2 heterocycles. The number of benzene rings is 2. The zero-order valence-corrected chi connectivity index (χ0v) is 20.1. The molecule has 1 saturated heterocycles. The molecule has 0 unspecified atom stereocenters. The number of likely N-dealkylation sites (tertiary alicyclic amines) is 1. The summed E-state index contributed by atoms with van der Waals surface area (Å²) in [5.74, 6) is -3.31. The molecule has 0 N–H and O–H groups in total. The molecule has 0 bridgehead atoms. The van der Waals surface area contributed by atoms with Crippen molar-refractivity contribution in [1.29, 1.82) is 0 Å². The van der Waals surface area contributed by atoms with Crippen LogP contribution in [0.4, 0.5) is 26.3 Å². The van der Waals surface area contributed by atoms with Gasteiger partial charge in [-0.3, -0.25) is 4.79 Å². The lowest BCUT2D eigenvalue weighted by Crippen LogP contribution is -2.39. The molecule has 0 atom stereocenters. The third kappa shape index (κ3) is 6.29. The maximum absolute atomic E-state index is 14.0. The fourth-order valence-electron chi connectivity index (χ4n) is 4.22. The number of aromatic nitrogens is 2. The minimum atomic E-state index is -4.94. The van der Waals surface area contributed by atoms with Crippen LogP contribution in [0.15, 0.2) is 53.8 Å². The van der Waals surface area contributed by atoms with Gasteiger partial charge in [0.05, 0.1) is 12.1 Å². The second-order valence-electron chi connectivity index (χ2n) is 8.73. The molecule has 0 saturated carbocycles. The van der Waals surface area contributed by atoms with Gasteiger partial charge in [0.15, 0.2) is 11.5 Å². The number of halogens is 6. The predicted molar refractivity (Wildman–Crippen MR) is 125 cm³/mol. The molecular formula is C26H22F6N4O2. The lowest BCUT2D eigenvalue weighted by Gasteiger charge is -2.32. The fourth-order valence-corrected chi connectivity index (χ4v) is 4.22. The van der Waals surface area contributed by atoms with E-state index in [1.54, 1.807) is 0 Å². The van der Waals surface area contributed by atoms with E-state index in [1.165, 1.54) is 30.0 Å². The largest absolute Gasteiger partial charge is 0.437 e. The van der Waals surface area contributed by atoms with E-state index in [9.17, 15) is 31.1 Å². The van der Waals surface area contributed by atoms with Gasteiger partial charge in [0.25, 0.3) is 0 Å². The van der Waals surface area contributed by atoms with Gasteiger partial charge in [-0.25, -0.2) is 23.1 Å². The van der Waals surface area contributed by atoms with Crippen molar-refractivity contribution < 1.29 is 36.0 Å². The number of rotatable bonds is 6. The van der Waals surface area contributed by atoms with Gasteiger partial charge in [0.2, 0.25) is 5.91 Å². The Morgan fingerprint density at radius 3 is 2.37 bits per heavy atom. The monoisotopic (exact) mass is 536 g/mol. The standard InChI is InChI=1S/C26H22F6N4O2/c1-15-33-14-20(25(26(30,31)32)35-38-18-5-2-4-17(27)12-18)24(34-15)16-8-10-36(11-9-16)23(37)13-19-21(28)6-3-7-22(19)29/h2-7,12,14,16H,8-11,13H2,1H3. The number of nitrogens with zero attached hydrogens (tertiary/aromatic N) is 4. The lowest BCUT2D eigenvalue weighted by molar-refractivity contribution is -0.131. The Labute approximate surface area is 214 Å². The van der Waals surface area contributed by atoms with E-state index in [-0.39, 0.29) is 48.8 Å². The molecule has 6 nitrogen and oxygen atoms in total. The SMILES string of the molecule is Cc1ncc(C(=NOc2cccc(F)c2)C(F)(F)F)c(C2CCN(C(=O)Cc3c(F)cccc3F)CC2)n1. The van der Waals surface area contributed by atoms with E-state index in [0.29, 0.717) is 0 Å². The van der Waals surface area contributed by atoms with Crippen molar-refractivity contribution in [1.82, 2.24) is 14.9 Å². The summed E-state index contributed by atoms with van der Waals surface area (Å²) in [6, 6.07) is 7.86. The Hall–Kier alpha value is -3.96. The van der Waals surface area contributed by atoms with E-state index in [1.807, 2.05) is 0 Å². The first kappa shape index (κ1) is 27.1. The predicted octanol–water partition coefficient (Wildman–Crippen LogP) is 5.50. The average Bonchev–Trinajstić information content (AvgIpc) is 2.86. The van der Waals surface area contributed by atoms with Gasteiger partial charge in [-0.15, -0.1) is 0 Å². The molecule has 0 aliphatic carbocycles. The zero-order valence-electron chi connectivity index (χ0n) is 20.1. The number of amides is 1. The summed E-state index contributed by atoms with van der Waals surface area (Å²) in [7, 11) is 0. The summed E-state index contributed by atoms with van der Waals surface area (Å²) in [5, 5.41) is 3.28. The highest BCUT2D eigenvalue weighted by Gasteiger charge is 2.41. The molecule has 200 valence electrons. The number of alkyl halides is 3. The summed E-state index contributed by atoms with van der Waals surface area (Å²) in [6.07, 6.45) is -3.89. The number of hydrogen-bond acceptors (Lipinski definition) is 5. The van der Waals surface area contributed by atoms with Crippen molar-refractivity contribution in [2.24, 2.45) is 5.16 Å². The Balaban J connectivity index is 1.54. The Morgan fingerprint density at radius 1 is 1.08 bits per heavy atom. The number of oxime groups is 1. The highest BCUT2D eigenvalue weighted by molar-refractivity contribution is 6.05. The van der Waals surface area contributed by atoms with Crippen molar-refractivity contribution in [2.45, 2.75) is 38.3 Å². The van der Waals surface area contributed by atoms with Crippen LogP contribution in [0.25, 0.3) is 0 Å². The van der Waals surface area contributed by atoms with Gasteiger partial charge in [0.1, 0.15) is 23.3 Å². The van der Waals surface area contributed by atoms with Crippen molar-refractivity contribution >= 4 is 11.6 Å². The molecule has 3 aromatic rings. The summed E-state index contributed by atoms with van der Waals surface area (Å²) in [6.45, 7) is 1.84. The lowest BCUT2D eigenvalue weighted by atomic mass is 9.89. The van der Waals surface area contributed by atoms with Crippen LogP contribution >= 0.6 is 0 Å². The molecule has 0 spiro atoms. The van der Waals surface area contributed by atoms with Crippen LogP contribution in [0.1, 0.15) is 41.4 Å². The average molecular weight is 536 g/mol. The third-order valence-electron chi connectivity index (χ3n) is 6.12. The van der Waals surface area contributed by atoms with Crippen molar-refractivity contribution in [2.75, 3.05) is 13.1 Å². The van der Waals surface area contributed by atoms with E-state index < -0.39 is 53.1 Å². The summed E-state index contributed by atoms with van der Waals surface area (Å²) in [5.41, 5.74) is -2.02. The number of piperidine rings is 1. The van der Waals surface area contributed by atoms with Crippen molar-refractivity contribution in [3.63, 3.8) is 0 Å². The van der Waals surface area contributed by atoms with Crippen LogP contribution in [0.5, 0.6) is 5.75 Å². The van der Waals surface area contributed by atoms with Crippen LogP contribution in [0.2, 0.25) is 0 Å². The van der Waals surface area contributed by atoms with Gasteiger partial charge < -0.3 is 9.74 Å². The normalized spacial score (nSPS) is 15.0. The molecule has 1 amide bonds. The molecule has 1 fully saturated rings. The third-order valence-corrected chi connectivity index (χ3v) is 6.12. The van der Waals surface area contributed by atoms with Crippen molar-refractivity contribution in [3.8, 4) is 5.75 Å². The van der Waals surface area contributed by atoms with Crippen LogP contribution < -0.4 is 4.84 Å². The summed E-state index contributed by atoms with van der Waals surface area (Å²) in [4.78, 5) is 27.1. The van der Waals surface area contributed by atoms with E-state index in [4.69, 9.17) is 4.84 Å². The number of carbonyl (C=O) groups is 1. The summed E-state index contributed by atoms with van der Waals surface area (Å²) < 4.78 is 83.4. The second-order valence-corrected chi connectivity index (χ2v) is 8.73. The van der Waals surface area contributed by atoms with Gasteiger partial charge in [-0.1, -0.05) is 17.3 Å². The molecule has 1 aliphatic rings. The molecule has 2 aromatic carbocycles. The molecular weight excluding hydrogens is 514 g/mol. The molecule has 0 radical (unpaired) electrons. The van der Waals surface area contributed by atoms with Crippen LogP contribution in [-0.4, -0.2) is 45.8 Å². The summed E-state index contributed by atoms with van der Waals surface area (Å²) >= 11 is 0.